The van der Waals surface area contributed by atoms with Gasteiger partial charge in [0.15, 0.2) is 0 Å². The van der Waals surface area contributed by atoms with E-state index in [9.17, 15) is 4.79 Å². The number of thiophene rings is 1. The zero-order valence-electron chi connectivity index (χ0n) is 15.7. The minimum atomic E-state index is -0.109. The molecular weight excluding hydrogens is 418 g/mol. The van der Waals surface area contributed by atoms with E-state index >= 15 is 0 Å². The van der Waals surface area contributed by atoms with Gasteiger partial charge in [-0.25, -0.2) is 9.97 Å². The van der Waals surface area contributed by atoms with Crippen LogP contribution in [0.4, 0.5) is 11.6 Å². The SMILES string of the molecule is O=C1Cc2cnc(NCc3ccc(-c4ccccn4)s3)nc2-c2ccc(Cl)cc2N1. The molecule has 0 aliphatic carbocycles. The van der Waals surface area contributed by atoms with Gasteiger partial charge in [0, 0.05) is 33.4 Å². The van der Waals surface area contributed by atoms with E-state index in [0.717, 1.165) is 32.3 Å². The fourth-order valence-electron chi connectivity index (χ4n) is 3.33. The van der Waals surface area contributed by atoms with Crippen LogP contribution in [0, 0.1) is 0 Å². The molecule has 3 aromatic heterocycles. The lowest BCUT2D eigenvalue weighted by Gasteiger charge is -2.10. The molecule has 2 N–H and O–H groups in total. The predicted molar refractivity (Wildman–Crippen MR) is 120 cm³/mol. The first-order valence-corrected chi connectivity index (χ1v) is 10.5. The van der Waals surface area contributed by atoms with E-state index in [4.69, 9.17) is 16.6 Å². The molecule has 1 aliphatic heterocycles. The fraction of sp³-hybridized carbons (Fsp3) is 0.0909. The first-order valence-electron chi connectivity index (χ1n) is 9.35. The van der Waals surface area contributed by atoms with E-state index in [1.807, 2.05) is 24.3 Å². The lowest BCUT2D eigenvalue weighted by atomic mass is 10.1. The third-order valence-electron chi connectivity index (χ3n) is 4.73. The molecule has 4 heterocycles. The van der Waals surface area contributed by atoms with Crippen molar-refractivity contribution in [2.24, 2.45) is 0 Å². The van der Waals surface area contributed by atoms with E-state index in [2.05, 4.69) is 32.7 Å². The van der Waals surface area contributed by atoms with Crippen molar-refractivity contribution in [1.82, 2.24) is 15.0 Å². The van der Waals surface area contributed by atoms with Crippen LogP contribution in [0.2, 0.25) is 5.02 Å². The van der Waals surface area contributed by atoms with Gasteiger partial charge in [-0.1, -0.05) is 17.7 Å². The first kappa shape index (κ1) is 18.7. The van der Waals surface area contributed by atoms with E-state index in [1.54, 1.807) is 35.9 Å². The standard InChI is InChI=1S/C22H16ClN5OS/c23-14-4-6-16-18(10-14)27-20(29)9-13-11-25-22(28-21(13)16)26-12-15-5-7-19(30-15)17-3-1-2-8-24-17/h1-8,10-11H,9,12H2,(H,27,29)(H,25,26,28). The summed E-state index contributed by atoms with van der Waals surface area (Å²) < 4.78 is 0. The van der Waals surface area contributed by atoms with Crippen LogP contribution in [0.3, 0.4) is 0 Å². The van der Waals surface area contributed by atoms with Crippen molar-refractivity contribution in [3.05, 3.63) is 76.4 Å². The maximum Gasteiger partial charge on any atom is 0.228 e. The van der Waals surface area contributed by atoms with Crippen molar-refractivity contribution in [3.8, 4) is 21.8 Å². The molecule has 0 unspecified atom stereocenters. The molecule has 1 aliphatic rings. The Labute approximate surface area is 182 Å². The van der Waals surface area contributed by atoms with Gasteiger partial charge in [0.25, 0.3) is 0 Å². The molecule has 148 valence electrons. The topological polar surface area (TPSA) is 79.8 Å². The molecule has 0 radical (unpaired) electrons. The number of amides is 1. The number of nitrogens with one attached hydrogen (secondary N) is 2. The normalized spacial score (nSPS) is 12.5. The van der Waals surface area contributed by atoms with E-state index in [1.165, 1.54) is 0 Å². The van der Waals surface area contributed by atoms with Gasteiger partial charge in [-0.3, -0.25) is 9.78 Å². The number of nitrogens with zero attached hydrogens (tertiary/aromatic N) is 3. The molecule has 0 fully saturated rings. The molecule has 4 aromatic rings. The summed E-state index contributed by atoms with van der Waals surface area (Å²) in [6, 6.07) is 15.4. The Morgan fingerprint density at radius 3 is 2.93 bits per heavy atom. The summed E-state index contributed by atoms with van der Waals surface area (Å²) in [6.07, 6.45) is 3.73. The highest BCUT2D eigenvalue weighted by Gasteiger charge is 2.21. The average molecular weight is 434 g/mol. The van der Waals surface area contributed by atoms with Crippen molar-refractivity contribution in [2.75, 3.05) is 10.6 Å². The van der Waals surface area contributed by atoms with E-state index in [-0.39, 0.29) is 12.3 Å². The van der Waals surface area contributed by atoms with Crippen molar-refractivity contribution in [3.63, 3.8) is 0 Å². The predicted octanol–water partition coefficient (Wildman–Crippen LogP) is 5.03. The van der Waals surface area contributed by atoms with Crippen LogP contribution >= 0.6 is 22.9 Å². The first-order chi connectivity index (χ1) is 14.7. The van der Waals surface area contributed by atoms with E-state index < -0.39 is 0 Å². The largest absolute Gasteiger partial charge is 0.349 e. The zero-order valence-corrected chi connectivity index (χ0v) is 17.3. The Balaban J connectivity index is 1.40. The smallest absolute Gasteiger partial charge is 0.228 e. The zero-order chi connectivity index (χ0) is 20.5. The average Bonchev–Trinajstić information content (AvgIpc) is 3.18. The second kappa shape index (κ2) is 7.85. The van der Waals surface area contributed by atoms with Crippen LogP contribution in [0.15, 0.2) is 60.9 Å². The van der Waals surface area contributed by atoms with Crippen molar-refractivity contribution in [1.29, 1.82) is 0 Å². The lowest BCUT2D eigenvalue weighted by molar-refractivity contribution is -0.115. The molecule has 8 heteroatoms. The van der Waals surface area contributed by atoms with Gasteiger partial charge < -0.3 is 10.6 Å². The molecule has 0 bridgehead atoms. The Kier molecular flexibility index (Phi) is 4.90. The third kappa shape index (κ3) is 3.77. The van der Waals surface area contributed by atoms with Crippen LogP contribution in [0.25, 0.3) is 21.8 Å². The van der Waals surface area contributed by atoms with Gasteiger partial charge in [-0.05, 0) is 42.5 Å². The number of rotatable bonds is 4. The lowest BCUT2D eigenvalue weighted by Crippen LogP contribution is -2.13. The molecule has 6 nitrogen and oxygen atoms in total. The van der Waals surface area contributed by atoms with E-state index in [0.29, 0.717) is 23.2 Å². The summed E-state index contributed by atoms with van der Waals surface area (Å²) in [5.41, 5.74) is 3.97. The molecule has 0 saturated heterocycles. The number of carbonyl (C=O) groups is 1. The van der Waals surface area contributed by atoms with Gasteiger partial charge in [0.2, 0.25) is 11.9 Å². The molecule has 1 amide bonds. The summed E-state index contributed by atoms with van der Waals surface area (Å²) in [4.78, 5) is 28.0. The molecule has 0 spiro atoms. The Hall–Kier alpha value is -3.29. The molecule has 1 aromatic carbocycles. The number of carbonyl (C=O) groups excluding carboxylic acids is 1. The van der Waals surface area contributed by atoms with Gasteiger partial charge >= 0.3 is 0 Å². The highest BCUT2D eigenvalue weighted by atomic mass is 35.5. The highest BCUT2D eigenvalue weighted by Crippen LogP contribution is 2.34. The van der Waals surface area contributed by atoms with Crippen LogP contribution in [-0.2, 0) is 17.8 Å². The summed E-state index contributed by atoms with van der Waals surface area (Å²) in [6.45, 7) is 0.598. The van der Waals surface area contributed by atoms with Gasteiger partial charge in [-0.15, -0.1) is 11.3 Å². The third-order valence-corrected chi connectivity index (χ3v) is 6.07. The molecule has 0 atom stereocenters. The summed E-state index contributed by atoms with van der Waals surface area (Å²) in [7, 11) is 0. The second-order valence-electron chi connectivity index (χ2n) is 6.82. The summed E-state index contributed by atoms with van der Waals surface area (Å²) in [5, 5.41) is 6.74. The van der Waals surface area contributed by atoms with Crippen molar-refractivity contribution in [2.45, 2.75) is 13.0 Å². The maximum atomic E-state index is 12.2. The number of hydrogen-bond acceptors (Lipinski definition) is 6. The molecule has 0 saturated carbocycles. The molecular formula is C22H16ClN5OS. The number of benzene rings is 1. The minimum Gasteiger partial charge on any atom is -0.349 e. The monoisotopic (exact) mass is 433 g/mol. The number of fused-ring (bicyclic) bond motifs is 3. The Morgan fingerprint density at radius 2 is 2.07 bits per heavy atom. The number of anilines is 2. The van der Waals surface area contributed by atoms with Crippen molar-refractivity contribution < 1.29 is 4.79 Å². The maximum absolute atomic E-state index is 12.2. The van der Waals surface area contributed by atoms with Crippen LogP contribution in [0.5, 0.6) is 0 Å². The fourth-order valence-corrected chi connectivity index (χ4v) is 4.43. The number of aromatic nitrogens is 3. The minimum absolute atomic E-state index is 0.109. The van der Waals surface area contributed by atoms with Gasteiger partial charge in [0.1, 0.15) is 0 Å². The highest BCUT2D eigenvalue weighted by molar-refractivity contribution is 7.15. The number of halogens is 1. The summed E-state index contributed by atoms with van der Waals surface area (Å²) in [5.74, 6) is 0.402. The molecule has 5 rings (SSSR count). The van der Waals surface area contributed by atoms with Crippen LogP contribution in [-0.4, -0.2) is 20.9 Å². The molecule has 30 heavy (non-hydrogen) atoms. The number of pyridine rings is 1. The quantitative estimate of drug-likeness (QED) is 0.472. The van der Waals surface area contributed by atoms with Crippen LogP contribution in [0.1, 0.15) is 10.4 Å². The van der Waals surface area contributed by atoms with Crippen LogP contribution < -0.4 is 10.6 Å². The number of hydrogen-bond donors (Lipinski definition) is 2. The Bertz CT molecular complexity index is 1240. The Morgan fingerprint density at radius 1 is 1.13 bits per heavy atom. The van der Waals surface area contributed by atoms with Crippen molar-refractivity contribution >= 4 is 40.5 Å². The summed E-state index contributed by atoms with van der Waals surface area (Å²) >= 11 is 7.78. The second-order valence-corrected chi connectivity index (χ2v) is 8.42. The van der Waals surface area contributed by atoms with Gasteiger partial charge in [0.05, 0.1) is 34.9 Å². The van der Waals surface area contributed by atoms with Gasteiger partial charge in [-0.2, -0.15) is 0 Å².